The first-order valence-electron chi connectivity index (χ1n) is 11.0. The summed E-state index contributed by atoms with van der Waals surface area (Å²) in [5.41, 5.74) is 2.95. The van der Waals surface area contributed by atoms with Gasteiger partial charge in [0.05, 0.1) is 50.5 Å². The normalized spacial score (nSPS) is 14.7. The smallest absolute Gasteiger partial charge is 0.233 e. The Kier molecular flexibility index (Phi) is 6.34. The van der Waals surface area contributed by atoms with Gasteiger partial charge in [0, 0.05) is 36.3 Å². The molecule has 1 aliphatic heterocycles. The number of aliphatic hydroxyl groups excluding tert-OH is 1. The maximum absolute atomic E-state index is 15.2. The van der Waals surface area contributed by atoms with Crippen molar-refractivity contribution in [1.29, 1.82) is 0 Å². The molecular formula is C24H23FN6O4. The molecule has 1 unspecified atom stereocenters. The third-order valence-electron chi connectivity index (χ3n) is 5.86. The average Bonchev–Trinajstić information content (AvgIpc) is 2.92. The number of halogens is 1. The average molecular weight is 478 g/mol. The van der Waals surface area contributed by atoms with Gasteiger partial charge in [-0.25, -0.2) is 14.4 Å². The van der Waals surface area contributed by atoms with Gasteiger partial charge in [-0.15, -0.1) is 10.2 Å². The van der Waals surface area contributed by atoms with Crippen molar-refractivity contribution in [3.05, 3.63) is 59.9 Å². The summed E-state index contributed by atoms with van der Waals surface area (Å²) in [6.45, 7) is 2.81. The molecule has 0 saturated carbocycles. The van der Waals surface area contributed by atoms with Crippen molar-refractivity contribution in [2.45, 2.75) is 6.10 Å². The number of nitrogens with zero attached hydrogens (tertiary/aromatic N) is 6. The molecule has 10 nitrogen and oxygen atoms in total. The lowest BCUT2D eigenvalue weighted by Gasteiger charge is -2.28. The van der Waals surface area contributed by atoms with Crippen LogP contribution in [-0.2, 0) is 4.74 Å². The summed E-state index contributed by atoms with van der Waals surface area (Å²) in [5, 5.41) is 18.9. The van der Waals surface area contributed by atoms with Crippen molar-refractivity contribution in [3.8, 4) is 22.9 Å². The summed E-state index contributed by atoms with van der Waals surface area (Å²) in [6, 6.07) is 7.76. The molecule has 0 spiro atoms. The van der Waals surface area contributed by atoms with E-state index in [2.05, 4.69) is 30.0 Å². The number of morpholine rings is 1. The van der Waals surface area contributed by atoms with Crippen LogP contribution in [-0.4, -0.2) is 70.8 Å². The van der Waals surface area contributed by atoms with Crippen LogP contribution in [0.2, 0.25) is 0 Å². The van der Waals surface area contributed by atoms with E-state index in [4.69, 9.17) is 14.2 Å². The lowest BCUT2D eigenvalue weighted by atomic mass is 9.99. The first-order chi connectivity index (χ1) is 17.1. The summed E-state index contributed by atoms with van der Waals surface area (Å²) in [4.78, 5) is 15.4. The van der Waals surface area contributed by atoms with Crippen molar-refractivity contribution >= 4 is 16.7 Å². The van der Waals surface area contributed by atoms with Gasteiger partial charge in [-0.3, -0.25) is 4.98 Å². The summed E-state index contributed by atoms with van der Waals surface area (Å²) >= 11 is 0. The van der Waals surface area contributed by atoms with Crippen LogP contribution in [0, 0.1) is 5.82 Å². The highest BCUT2D eigenvalue weighted by molar-refractivity contribution is 5.90. The van der Waals surface area contributed by atoms with Gasteiger partial charge < -0.3 is 24.2 Å². The molecule has 0 amide bonds. The third kappa shape index (κ3) is 4.43. The van der Waals surface area contributed by atoms with Crippen molar-refractivity contribution < 1.29 is 23.7 Å². The van der Waals surface area contributed by atoms with E-state index in [0.717, 1.165) is 18.8 Å². The van der Waals surface area contributed by atoms with Crippen LogP contribution >= 0.6 is 0 Å². The second kappa shape index (κ2) is 9.72. The second-order valence-electron chi connectivity index (χ2n) is 7.86. The molecule has 1 atom stereocenters. The molecule has 180 valence electrons. The number of rotatable bonds is 6. The molecule has 5 rings (SSSR count). The molecule has 1 aromatic carbocycles. The van der Waals surface area contributed by atoms with E-state index in [0.29, 0.717) is 41.4 Å². The standard InChI is InChI=1S/C24H23FN6O4/c1-33-20-11-17(25)15(10-16(20)24(32)18-3-4-21(34-2)30-29-18)22-23-19(27-13-28-22)9-14(12-26-23)31-5-7-35-8-6-31/h3-4,9-13,24,32H,5-8H2,1-2H3. The Bertz CT molecular complexity index is 1350. The van der Waals surface area contributed by atoms with Crippen LogP contribution in [0.5, 0.6) is 11.6 Å². The Morgan fingerprint density at radius 2 is 1.86 bits per heavy atom. The summed E-state index contributed by atoms with van der Waals surface area (Å²) < 4.78 is 31.0. The van der Waals surface area contributed by atoms with Crippen LogP contribution in [0.3, 0.4) is 0 Å². The van der Waals surface area contributed by atoms with Gasteiger partial charge in [0.25, 0.3) is 0 Å². The summed E-state index contributed by atoms with van der Waals surface area (Å²) in [6.07, 6.45) is 1.87. The zero-order valence-electron chi connectivity index (χ0n) is 19.2. The largest absolute Gasteiger partial charge is 0.496 e. The number of hydrogen-bond acceptors (Lipinski definition) is 10. The minimum atomic E-state index is -1.23. The Balaban J connectivity index is 1.57. The minimum Gasteiger partial charge on any atom is -0.496 e. The van der Waals surface area contributed by atoms with E-state index in [1.54, 1.807) is 18.3 Å². The van der Waals surface area contributed by atoms with Crippen molar-refractivity contribution in [3.63, 3.8) is 0 Å². The highest BCUT2D eigenvalue weighted by Crippen LogP contribution is 2.36. The van der Waals surface area contributed by atoms with Gasteiger partial charge >= 0.3 is 0 Å². The van der Waals surface area contributed by atoms with Gasteiger partial charge in [0.15, 0.2) is 0 Å². The van der Waals surface area contributed by atoms with E-state index in [1.807, 2.05) is 6.07 Å². The molecule has 0 aliphatic carbocycles. The fourth-order valence-corrected chi connectivity index (χ4v) is 4.01. The van der Waals surface area contributed by atoms with Gasteiger partial charge in [-0.2, -0.15) is 0 Å². The zero-order chi connectivity index (χ0) is 24.4. The quantitative estimate of drug-likeness (QED) is 0.443. The molecule has 0 bridgehead atoms. The van der Waals surface area contributed by atoms with Crippen molar-refractivity contribution in [1.82, 2.24) is 25.1 Å². The molecule has 3 aromatic heterocycles. The van der Waals surface area contributed by atoms with Crippen LogP contribution in [0.15, 0.2) is 42.9 Å². The second-order valence-corrected chi connectivity index (χ2v) is 7.86. The minimum absolute atomic E-state index is 0.153. The summed E-state index contributed by atoms with van der Waals surface area (Å²) in [7, 11) is 2.87. The van der Waals surface area contributed by atoms with Gasteiger partial charge in [-0.05, 0) is 18.2 Å². The molecule has 1 fully saturated rings. The zero-order valence-corrected chi connectivity index (χ0v) is 19.2. The Morgan fingerprint density at radius 1 is 1.03 bits per heavy atom. The number of ether oxygens (including phenoxy) is 3. The Labute approximate surface area is 200 Å². The first-order valence-corrected chi connectivity index (χ1v) is 11.0. The van der Waals surface area contributed by atoms with E-state index < -0.39 is 11.9 Å². The van der Waals surface area contributed by atoms with Crippen molar-refractivity contribution in [2.75, 3.05) is 45.4 Å². The Hall–Kier alpha value is -3.96. The van der Waals surface area contributed by atoms with Gasteiger partial charge in [0.2, 0.25) is 5.88 Å². The number of pyridine rings is 1. The lowest BCUT2D eigenvalue weighted by molar-refractivity contribution is 0.122. The maximum atomic E-state index is 15.2. The highest BCUT2D eigenvalue weighted by Gasteiger charge is 2.23. The fourth-order valence-electron chi connectivity index (χ4n) is 4.01. The molecule has 11 heteroatoms. The van der Waals surface area contributed by atoms with Crippen LogP contribution in [0.1, 0.15) is 17.4 Å². The third-order valence-corrected chi connectivity index (χ3v) is 5.86. The number of fused-ring (bicyclic) bond motifs is 1. The molecule has 4 aromatic rings. The molecule has 1 saturated heterocycles. The number of anilines is 1. The SMILES string of the molecule is COc1ccc(C(O)c2cc(-c3ncnc4cc(N5CCOCC5)cnc34)c(F)cc2OC)nn1. The van der Waals surface area contributed by atoms with Crippen LogP contribution in [0.4, 0.5) is 10.1 Å². The number of aliphatic hydroxyl groups is 1. The number of methoxy groups -OCH3 is 2. The molecule has 4 heterocycles. The van der Waals surface area contributed by atoms with Gasteiger partial charge in [0.1, 0.15) is 35.2 Å². The topological polar surface area (TPSA) is 116 Å². The van der Waals surface area contributed by atoms with Crippen LogP contribution < -0.4 is 14.4 Å². The molecule has 0 radical (unpaired) electrons. The Morgan fingerprint density at radius 3 is 2.57 bits per heavy atom. The maximum Gasteiger partial charge on any atom is 0.233 e. The molecule has 1 N–H and O–H groups in total. The molecule has 1 aliphatic rings. The van der Waals surface area contributed by atoms with E-state index in [9.17, 15) is 5.11 Å². The summed E-state index contributed by atoms with van der Waals surface area (Å²) in [5.74, 6) is -0.0994. The first kappa shape index (κ1) is 22.8. The predicted octanol–water partition coefficient (Wildman–Crippen LogP) is 2.56. The molecular weight excluding hydrogens is 455 g/mol. The van der Waals surface area contributed by atoms with E-state index in [1.165, 1.54) is 32.7 Å². The highest BCUT2D eigenvalue weighted by atomic mass is 19.1. The van der Waals surface area contributed by atoms with Crippen molar-refractivity contribution in [2.24, 2.45) is 0 Å². The monoisotopic (exact) mass is 478 g/mol. The fraction of sp³-hybridized carbons (Fsp3) is 0.292. The lowest BCUT2D eigenvalue weighted by Crippen LogP contribution is -2.36. The number of hydrogen-bond donors (Lipinski definition) is 1. The number of aromatic nitrogens is 5. The van der Waals surface area contributed by atoms with E-state index >= 15 is 4.39 Å². The predicted molar refractivity (Wildman–Crippen MR) is 125 cm³/mol. The number of benzene rings is 1. The van der Waals surface area contributed by atoms with Crippen LogP contribution in [0.25, 0.3) is 22.3 Å². The van der Waals surface area contributed by atoms with E-state index in [-0.39, 0.29) is 17.0 Å². The molecule has 35 heavy (non-hydrogen) atoms. The van der Waals surface area contributed by atoms with Gasteiger partial charge in [-0.1, -0.05) is 0 Å².